The second-order valence-corrected chi connectivity index (χ2v) is 5.93. The average molecular weight is 318 g/mol. The minimum atomic E-state index is -4.06. The third-order valence-electron chi connectivity index (χ3n) is 4.25. The Bertz CT molecular complexity index is 479. The molecule has 0 aliphatic carbocycles. The van der Waals surface area contributed by atoms with Crippen LogP contribution < -0.4 is 0 Å². The lowest BCUT2D eigenvalue weighted by atomic mass is 9.94. The van der Waals surface area contributed by atoms with Crippen LogP contribution >= 0.6 is 0 Å². The van der Waals surface area contributed by atoms with Gasteiger partial charge in [0.15, 0.2) is 0 Å². The molecule has 0 aliphatic rings. The topological polar surface area (TPSA) is 40.5 Å². The van der Waals surface area contributed by atoms with Gasteiger partial charge in [-0.1, -0.05) is 19.3 Å². The third-order valence-corrected chi connectivity index (χ3v) is 4.25. The predicted molar refractivity (Wildman–Crippen MR) is 81.4 cm³/mol. The minimum absolute atomic E-state index is 0.179. The van der Waals surface area contributed by atoms with Crippen molar-refractivity contribution < 1.29 is 23.4 Å². The van der Waals surface area contributed by atoms with Crippen molar-refractivity contribution in [3.63, 3.8) is 0 Å². The van der Waals surface area contributed by atoms with Crippen molar-refractivity contribution >= 4 is 0 Å². The fourth-order valence-electron chi connectivity index (χ4n) is 2.65. The van der Waals surface area contributed by atoms with E-state index in [4.69, 9.17) is 0 Å². The summed E-state index contributed by atoms with van der Waals surface area (Å²) in [5, 5.41) is 20.2. The Labute approximate surface area is 130 Å². The first kappa shape index (κ1) is 18.7. The number of phenols is 2. The molecule has 0 unspecified atom stereocenters. The summed E-state index contributed by atoms with van der Waals surface area (Å²) in [7, 11) is 0. The summed E-state index contributed by atoms with van der Waals surface area (Å²) in [5.74, 6) is 0.445. The molecule has 0 saturated carbocycles. The highest BCUT2D eigenvalue weighted by Crippen LogP contribution is 2.37. The fourth-order valence-corrected chi connectivity index (χ4v) is 2.65. The zero-order valence-corrected chi connectivity index (χ0v) is 13.5. The molecular weight excluding hydrogens is 293 g/mol. The van der Waals surface area contributed by atoms with E-state index in [0.29, 0.717) is 29.5 Å². The molecule has 0 amide bonds. The summed E-state index contributed by atoms with van der Waals surface area (Å²) in [5.41, 5.74) is 2.81. The van der Waals surface area contributed by atoms with Crippen LogP contribution in [-0.4, -0.2) is 16.4 Å². The molecule has 5 heteroatoms. The molecule has 1 aromatic carbocycles. The van der Waals surface area contributed by atoms with Gasteiger partial charge in [0.2, 0.25) is 0 Å². The maximum absolute atomic E-state index is 12.0. The van der Waals surface area contributed by atoms with Crippen molar-refractivity contribution in [2.24, 2.45) is 0 Å². The fraction of sp³-hybridized carbons (Fsp3) is 0.647. The molecule has 0 spiro atoms. The Hall–Kier alpha value is -1.39. The van der Waals surface area contributed by atoms with E-state index in [1.165, 1.54) is 0 Å². The minimum Gasteiger partial charge on any atom is -0.507 e. The molecule has 22 heavy (non-hydrogen) atoms. The van der Waals surface area contributed by atoms with Crippen LogP contribution in [0, 0.1) is 20.8 Å². The number of benzene rings is 1. The highest BCUT2D eigenvalue weighted by Gasteiger charge is 2.25. The van der Waals surface area contributed by atoms with Gasteiger partial charge in [-0.2, -0.15) is 13.2 Å². The number of alkyl halides is 3. The van der Waals surface area contributed by atoms with Crippen molar-refractivity contribution in [3.8, 4) is 11.5 Å². The Morgan fingerprint density at radius 2 is 1.23 bits per heavy atom. The Morgan fingerprint density at radius 1 is 0.727 bits per heavy atom. The van der Waals surface area contributed by atoms with Crippen molar-refractivity contribution in [2.45, 2.75) is 71.9 Å². The van der Waals surface area contributed by atoms with E-state index < -0.39 is 12.6 Å². The summed E-state index contributed by atoms with van der Waals surface area (Å²) in [6, 6.07) is 0. The Kier molecular flexibility index (Phi) is 6.57. The zero-order chi connectivity index (χ0) is 16.9. The lowest BCUT2D eigenvalue weighted by Crippen LogP contribution is -2.06. The SMILES string of the molecule is Cc1c(C)c(O)c(CCCCCCCC(F)(F)F)c(C)c1O. The van der Waals surface area contributed by atoms with Gasteiger partial charge in [0.05, 0.1) is 0 Å². The molecule has 1 aromatic rings. The molecule has 0 saturated heterocycles. The van der Waals surface area contributed by atoms with Crippen molar-refractivity contribution in [3.05, 3.63) is 22.3 Å². The lowest BCUT2D eigenvalue weighted by molar-refractivity contribution is -0.135. The van der Waals surface area contributed by atoms with E-state index in [2.05, 4.69) is 0 Å². The monoisotopic (exact) mass is 318 g/mol. The molecule has 0 radical (unpaired) electrons. The van der Waals surface area contributed by atoms with Crippen LogP contribution in [0.3, 0.4) is 0 Å². The van der Waals surface area contributed by atoms with Gasteiger partial charge in [0, 0.05) is 12.0 Å². The molecule has 2 nitrogen and oxygen atoms in total. The standard InChI is InChI=1S/C17H25F3O2/c1-11-12(2)16(22)14(13(3)15(11)21)9-7-5-4-6-8-10-17(18,19)20/h21-22H,4-10H2,1-3H3. The van der Waals surface area contributed by atoms with Gasteiger partial charge in [0.1, 0.15) is 11.5 Å². The number of phenolic OH excluding ortho intramolecular Hbond substituents is 2. The normalized spacial score (nSPS) is 11.9. The maximum Gasteiger partial charge on any atom is 0.389 e. The van der Waals surface area contributed by atoms with Gasteiger partial charge >= 0.3 is 6.18 Å². The quantitative estimate of drug-likeness (QED) is 0.517. The van der Waals surface area contributed by atoms with E-state index in [0.717, 1.165) is 24.8 Å². The molecule has 0 fully saturated rings. The Balaban J connectivity index is 2.43. The number of rotatable bonds is 7. The van der Waals surface area contributed by atoms with E-state index in [1.807, 2.05) is 0 Å². The summed E-state index contributed by atoms with van der Waals surface area (Å²) in [4.78, 5) is 0. The maximum atomic E-state index is 12.0. The van der Waals surface area contributed by atoms with Gasteiger partial charge in [-0.3, -0.25) is 0 Å². The van der Waals surface area contributed by atoms with Crippen LogP contribution in [0.15, 0.2) is 0 Å². The summed E-state index contributed by atoms with van der Waals surface area (Å²) >= 11 is 0. The molecule has 0 heterocycles. The van der Waals surface area contributed by atoms with Gasteiger partial charge in [-0.25, -0.2) is 0 Å². The van der Waals surface area contributed by atoms with Crippen molar-refractivity contribution in [2.75, 3.05) is 0 Å². The largest absolute Gasteiger partial charge is 0.507 e. The van der Waals surface area contributed by atoms with Crippen LogP contribution in [-0.2, 0) is 6.42 Å². The number of unbranched alkanes of at least 4 members (excludes halogenated alkanes) is 4. The van der Waals surface area contributed by atoms with Crippen LogP contribution in [0.25, 0.3) is 0 Å². The first-order valence-electron chi connectivity index (χ1n) is 7.72. The van der Waals surface area contributed by atoms with Gasteiger partial charge in [0.25, 0.3) is 0 Å². The Morgan fingerprint density at radius 3 is 1.82 bits per heavy atom. The molecule has 0 atom stereocenters. The van der Waals surface area contributed by atoms with Gasteiger partial charge in [-0.05, 0) is 56.7 Å². The highest BCUT2D eigenvalue weighted by atomic mass is 19.4. The molecule has 2 N–H and O–H groups in total. The van der Waals surface area contributed by atoms with Crippen LogP contribution in [0.1, 0.15) is 60.8 Å². The number of hydrogen-bond donors (Lipinski definition) is 2. The van der Waals surface area contributed by atoms with E-state index in [9.17, 15) is 23.4 Å². The third kappa shape index (κ3) is 5.11. The first-order valence-corrected chi connectivity index (χ1v) is 7.72. The lowest BCUT2D eigenvalue weighted by Gasteiger charge is -2.15. The van der Waals surface area contributed by atoms with Crippen LogP contribution in [0.5, 0.6) is 11.5 Å². The summed E-state index contributed by atoms with van der Waals surface area (Å²) in [6.07, 6.45) is -1.01. The molecular formula is C17H25F3O2. The number of aromatic hydroxyl groups is 2. The van der Waals surface area contributed by atoms with E-state index in [1.54, 1.807) is 20.8 Å². The van der Waals surface area contributed by atoms with Gasteiger partial charge < -0.3 is 10.2 Å². The van der Waals surface area contributed by atoms with Crippen molar-refractivity contribution in [1.82, 2.24) is 0 Å². The van der Waals surface area contributed by atoms with Crippen LogP contribution in [0.2, 0.25) is 0 Å². The molecule has 0 aromatic heterocycles. The summed E-state index contributed by atoms with van der Waals surface area (Å²) in [6.45, 7) is 5.31. The zero-order valence-electron chi connectivity index (χ0n) is 13.5. The highest BCUT2D eigenvalue weighted by molar-refractivity contribution is 5.56. The van der Waals surface area contributed by atoms with E-state index >= 15 is 0 Å². The average Bonchev–Trinajstić information content (AvgIpc) is 2.44. The molecule has 0 aliphatic heterocycles. The van der Waals surface area contributed by atoms with Crippen molar-refractivity contribution in [1.29, 1.82) is 0 Å². The first-order chi connectivity index (χ1) is 10.1. The van der Waals surface area contributed by atoms with Gasteiger partial charge in [-0.15, -0.1) is 0 Å². The molecule has 1 rings (SSSR count). The smallest absolute Gasteiger partial charge is 0.389 e. The number of hydrogen-bond acceptors (Lipinski definition) is 2. The molecule has 0 bridgehead atoms. The van der Waals surface area contributed by atoms with E-state index in [-0.39, 0.29) is 17.9 Å². The predicted octanol–water partition coefficient (Wildman–Crippen LogP) is 5.47. The molecule has 126 valence electrons. The second kappa shape index (κ2) is 7.75. The second-order valence-electron chi connectivity index (χ2n) is 5.93. The van der Waals surface area contributed by atoms with Crippen LogP contribution in [0.4, 0.5) is 13.2 Å². The number of halogens is 3. The summed E-state index contributed by atoms with van der Waals surface area (Å²) < 4.78 is 36.0.